The van der Waals surface area contributed by atoms with Crippen molar-refractivity contribution in [1.29, 1.82) is 0 Å². The summed E-state index contributed by atoms with van der Waals surface area (Å²) in [6.07, 6.45) is 1.71. The van der Waals surface area contributed by atoms with Gasteiger partial charge in [-0.15, -0.1) is 0 Å². The maximum atomic E-state index is 13.5. The first-order chi connectivity index (χ1) is 8.69. The Hall–Kier alpha value is -1.62. The van der Waals surface area contributed by atoms with Crippen LogP contribution in [0.5, 0.6) is 5.75 Å². The van der Waals surface area contributed by atoms with E-state index in [-0.39, 0.29) is 5.82 Å². The first kappa shape index (κ1) is 12.8. The Morgan fingerprint density at radius 3 is 2.83 bits per heavy atom. The maximum absolute atomic E-state index is 13.5. The number of ether oxygens (including phenoxy) is 1. The topological polar surface area (TPSA) is 34.1 Å². The molecule has 1 N–H and O–H groups in total. The standard InChI is InChI=1S/C13H12BrFN2O/c1-18-11-4-5-12(15)13(6-11)17-8-10-3-2-9(14)7-16-10/h2-7,17H,8H2,1H3. The van der Waals surface area contributed by atoms with Crippen LogP contribution < -0.4 is 10.1 Å². The minimum absolute atomic E-state index is 0.312. The lowest BCUT2D eigenvalue weighted by molar-refractivity contribution is 0.414. The number of rotatable bonds is 4. The molecule has 94 valence electrons. The second-order valence-electron chi connectivity index (χ2n) is 3.67. The van der Waals surface area contributed by atoms with Gasteiger partial charge >= 0.3 is 0 Å². The molecular formula is C13H12BrFN2O. The van der Waals surface area contributed by atoms with E-state index in [1.54, 1.807) is 25.4 Å². The molecule has 0 bridgehead atoms. The van der Waals surface area contributed by atoms with Crippen molar-refractivity contribution in [3.05, 3.63) is 52.5 Å². The summed E-state index contributed by atoms with van der Waals surface area (Å²) in [5.74, 6) is 0.301. The lowest BCUT2D eigenvalue weighted by atomic mass is 10.2. The molecule has 2 aromatic rings. The highest BCUT2D eigenvalue weighted by molar-refractivity contribution is 9.10. The average molecular weight is 311 g/mol. The number of nitrogens with zero attached hydrogens (tertiary/aromatic N) is 1. The van der Waals surface area contributed by atoms with Crippen molar-refractivity contribution >= 4 is 21.6 Å². The molecule has 0 amide bonds. The molecule has 0 aliphatic rings. The molecule has 1 aromatic heterocycles. The van der Waals surface area contributed by atoms with Crippen molar-refractivity contribution < 1.29 is 9.13 Å². The van der Waals surface area contributed by atoms with Crippen LogP contribution >= 0.6 is 15.9 Å². The molecule has 2 rings (SSSR count). The van der Waals surface area contributed by atoms with E-state index in [1.807, 2.05) is 12.1 Å². The Balaban J connectivity index is 2.07. The van der Waals surface area contributed by atoms with Crippen LogP contribution in [0.15, 0.2) is 41.0 Å². The monoisotopic (exact) mass is 310 g/mol. The van der Waals surface area contributed by atoms with Crippen LogP contribution in [0.1, 0.15) is 5.69 Å². The van der Waals surface area contributed by atoms with Gasteiger partial charge in [0.25, 0.3) is 0 Å². The number of anilines is 1. The van der Waals surface area contributed by atoms with Gasteiger partial charge in [-0.1, -0.05) is 0 Å². The fourth-order valence-corrected chi connectivity index (χ4v) is 1.70. The number of hydrogen-bond acceptors (Lipinski definition) is 3. The van der Waals surface area contributed by atoms with E-state index in [4.69, 9.17) is 4.74 Å². The molecule has 0 radical (unpaired) electrons. The summed E-state index contributed by atoms with van der Waals surface area (Å²) < 4.78 is 19.5. The number of hydrogen-bond donors (Lipinski definition) is 1. The van der Waals surface area contributed by atoms with Crippen molar-refractivity contribution in [2.24, 2.45) is 0 Å². The first-order valence-corrected chi connectivity index (χ1v) is 6.16. The van der Waals surface area contributed by atoms with Crippen LogP contribution in [-0.4, -0.2) is 12.1 Å². The zero-order valence-electron chi connectivity index (χ0n) is 9.78. The lowest BCUT2D eigenvalue weighted by Crippen LogP contribution is -2.03. The van der Waals surface area contributed by atoms with E-state index in [9.17, 15) is 4.39 Å². The number of benzene rings is 1. The molecule has 0 fully saturated rings. The molecule has 0 aliphatic carbocycles. The predicted molar refractivity (Wildman–Crippen MR) is 72.2 cm³/mol. The van der Waals surface area contributed by atoms with Crippen molar-refractivity contribution in [3.63, 3.8) is 0 Å². The van der Waals surface area contributed by atoms with Crippen LogP contribution in [0.2, 0.25) is 0 Å². The third kappa shape index (κ3) is 3.20. The van der Waals surface area contributed by atoms with E-state index >= 15 is 0 Å². The molecule has 5 heteroatoms. The third-order valence-electron chi connectivity index (χ3n) is 2.42. The van der Waals surface area contributed by atoms with Crippen molar-refractivity contribution in [2.75, 3.05) is 12.4 Å². The SMILES string of the molecule is COc1ccc(F)c(NCc2ccc(Br)cn2)c1. The number of pyridine rings is 1. The van der Waals surface area contributed by atoms with Crippen LogP contribution in [0, 0.1) is 5.82 Å². The van der Waals surface area contributed by atoms with Gasteiger partial charge in [0.15, 0.2) is 0 Å². The predicted octanol–water partition coefficient (Wildman–Crippen LogP) is 3.60. The Kier molecular flexibility index (Phi) is 4.15. The normalized spacial score (nSPS) is 10.2. The van der Waals surface area contributed by atoms with Gasteiger partial charge in [0.1, 0.15) is 11.6 Å². The van der Waals surface area contributed by atoms with E-state index in [0.717, 1.165) is 10.2 Å². The number of methoxy groups -OCH3 is 1. The highest BCUT2D eigenvalue weighted by atomic mass is 79.9. The maximum Gasteiger partial charge on any atom is 0.146 e. The van der Waals surface area contributed by atoms with Gasteiger partial charge in [-0.05, 0) is 40.2 Å². The molecule has 0 spiro atoms. The average Bonchev–Trinajstić information content (AvgIpc) is 2.40. The molecule has 3 nitrogen and oxygen atoms in total. The van der Waals surface area contributed by atoms with Gasteiger partial charge < -0.3 is 10.1 Å². The van der Waals surface area contributed by atoms with Gasteiger partial charge in [0.2, 0.25) is 0 Å². The highest BCUT2D eigenvalue weighted by Gasteiger charge is 2.04. The Morgan fingerprint density at radius 1 is 1.33 bits per heavy atom. The second-order valence-corrected chi connectivity index (χ2v) is 4.58. The van der Waals surface area contributed by atoms with Crippen LogP contribution in [0.3, 0.4) is 0 Å². The highest BCUT2D eigenvalue weighted by Crippen LogP contribution is 2.21. The minimum atomic E-state index is -0.312. The van der Waals surface area contributed by atoms with E-state index in [1.165, 1.54) is 6.07 Å². The summed E-state index contributed by atoms with van der Waals surface area (Å²) in [5.41, 5.74) is 1.24. The van der Waals surface area contributed by atoms with Crippen LogP contribution in [0.25, 0.3) is 0 Å². The van der Waals surface area contributed by atoms with Gasteiger partial charge in [0.05, 0.1) is 25.0 Å². The van der Waals surface area contributed by atoms with Gasteiger partial charge in [0, 0.05) is 16.7 Å². The smallest absolute Gasteiger partial charge is 0.146 e. The molecule has 1 aromatic carbocycles. The zero-order chi connectivity index (χ0) is 13.0. The molecule has 18 heavy (non-hydrogen) atoms. The summed E-state index contributed by atoms with van der Waals surface area (Å²) in [6, 6.07) is 8.34. The van der Waals surface area contributed by atoms with Crippen LogP contribution in [0.4, 0.5) is 10.1 Å². The largest absolute Gasteiger partial charge is 0.497 e. The Morgan fingerprint density at radius 2 is 2.17 bits per heavy atom. The summed E-state index contributed by atoms with van der Waals surface area (Å²) in [7, 11) is 1.55. The fraction of sp³-hybridized carbons (Fsp3) is 0.154. The number of nitrogens with one attached hydrogen (secondary N) is 1. The van der Waals surface area contributed by atoms with E-state index < -0.39 is 0 Å². The summed E-state index contributed by atoms with van der Waals surface area (Å²) in [4.78, 5) is 4.20. The molecule has 0 saturated carbocycles. The number of aromatic nitrogens is 1. The van der Waals surface area contributed by atoms with Gasteiger partial charge in [-0.25, -0.2) is 4.39 Å². The van der Waals surface area contributed by atoms with Crippen molar-refractivity contribution in [3.8, 4) is 5.75 Å². The molecule has 0 unspecified atom stereocenters. The lowest BCUT2D eigenvalue weighted by Gasteiger charge is -2.09. The summed E-state index contributed by atoms with van der Waals surface area (Å²) in [5, 5.41) is 2.99. The van der Waals surface area contributed by atoms with Crippen LogP contribution in [-0.2, 0) is 6.54 Å². The molecule has 0 aliphatic heterocycles. The second kappa shape index (κ2) is 5.82. The number of halogens is 2. The third-order valence-corrected chi connectivity index (χ3v) is 2.89. The summed E-state index contributed by atoms with van der Waals surface area (Å²) >= 11 is 3.31. The molecular weight excluding hydrogens is 299 g/mol. The van der Waals surface area contributed by atoms with Gasteiger partial charge in [-0.3, -0.25) is 4.98 Å². The Bertz CT molecular complexity index is 531. The minimum Gasteiger partial charge on any atom is -0.497 e. The van der Waals surface area contributed by atoms with Crippen molar-refractivity contribution in [1.82, 2.24) is 4.98 Å². The molecule has 1 heterocycles. The van der Waals surface area contributed by atoms with Gasteiger partial charge in [-0.2, -0.15) is 0 Å². The first-order valence-electron chi connectivity index (χ1n) is 5.37. The molecule has 0 saturated heterocycles. The van der Waals surface area contributed by atoms with Crippen molar-refractivity contribution in [2.45, 2.75) is 6.54 Å². The fourth-order valence-electron chi connectivity index (χ4n) is 1.46. The molecule has 0 atom stereocenters. The zero-order valence-corrected chi connectivity index (χ0v) is 11.4. The Labute approximate surface area is 113 Å². The van der Waals surface area contributed by atoms with E-state index in [2.05, 4.69) is 26.2 Å². The quantitative estimate of drug-likeness (QED) is 0.937. The summed E-state index contributed by atoms with van der Waals surface area (Å²) in [6.45, 7) is 0.456. The van der Waals surface area contributed by atoms with E-state index in [0.29, 0.717) is 18.0 Å².